The lowest BCUT2D eigenvalue weighted by Crippen LogP contribution is -2.38. The molecule has 0 amide bonds. The van der Waals surface area contributed by atoms with Crippen LogP contribution in [-0.4, -0.2) is 19.2 Å². The Morgan fingerprint density at radius 3 is 2.88 bits per heavy atom. The molecule has 1 aromatic carbocycles. The van der Waals surface area contributed by atoms with Crippen molar-refractivity contribution >= 4 is 0 Å². The van der Waals surface area contributed by atoms with Gasteiger partial charge in [-0.25, -0.2) is 0 Å². The van der Waals surface area contributed by atoms with Crippen molar-refractivity contribution in [2.75, 3.05) is 7.11 Å². The van der Waals surface area contributed by atoms with Gasteiger partial charge in [-0.2, -0.15) is 0 Å². The molecule has 2 heteroatoms. The highest BCUT2D eigenvalue weighted by Crippen LogP contribution is 2.29. The first-order valence-electron chi connectivity index (χ1n) is 6.11. The van der Waals surface area contributed by atoms with Crippen molar-refractivity contribution in [3.8, 4) is 5.75 Å². The largest absolute Gasteiger partial charge is 0.496 e. The minimum atomic E-state index is 0.557. The molecule has 0 spiro atoms. The van der Waals surface area contributed by atoms with Gasteiger partial charge >= 0.3 is 0 Å². The van der Waals surface area contributed by atoms with E-state index in [9.17, 15) is 0 Å². The van der Waals surface area contributed by atoms with E-state index in [1.165, 1.54) is 17.5 Å². The number of nitrogens with one attached hydrogen (secondary N) is 1. The minimum absolute atomic E-state index is 0.557. The van der Waals surface area contributed by atoms with E-state index in [1.54, 1.807) is 7.11 Å². The first kappa shape index (κ1) is 11.5. The van der Waals surface area contributed by atoms with Crippen LogP contribution >= 0.6 is 0 Å². The van der Waals surface area contributed by atoms with Crippen LogP contribution in [0.3, 0.4) is 0 Å². The topological polar surface area (TPSA) is 21.3 Å². The zero-order valence-corrected chi connectivity index (χ0v) is 10.4. The highest BCUT2D eigenvalue weighted by Gasteiger charge is 2.21. The molecule has 0 bridgehead atoms. The Balaban J connectivity index is 2.18. The molecule has 0 aliphatic heterocycles. The first-order chi connectivity index (χ1) is 7.70. The molecular weight excluding hydrogens is 198 g/mol. The van der Waals surface area contributed by atoms with Gasteiger partial charge in [0, 0.05) is 12.1 Å². The van der Waals surface area contributed by atoms with Crippen LogP contribution in [-0.2, 0) is 12.8 Å². The third-order valence-electron chi connectivity index (χ3n) is 3.23. The van der Waals surface area contributed by atoms with Gasteiger partial charge in [0.25, 0.3) is 0 Å². The number of hydrogen-bond acceptors (Lipinski definition) is 2. The van der Waals surface area contributed by atoms with Gasteiger partial charge in [-0.3, -0.25) is 0 Å². The second-order valence-corrected chi connectivity index (χ2v) is 4.86. The normalized spacial score (nSPS) is 19.6. The van der Waals surface area contributed by atoms with Crippen molar-refractivity contribution in [1.29, 1.82) is 0 Å². The maximum atomic E-state index is 5.44. The fourth-order valence-corrected chi connectivity index (χ4v) is 2.56. The Kier molecular flexibility index (Phi) is 3.49. The van der Waals surface area contributed by atoms with Crippen LogP contribution in [0, 0.1) is 0 Å². The lowest BCUT2D eigenvalue weighted by Gasteiger charge is -2.28. The van der Waals surface area contributed by atoms with Crippen molar-refractivity contribution < 1.29 is 4.74 Å². The van der Waals surface area contributed by atoms with Crippen molar-refractivity contribution in [2.24, 2.45) is 0 Å². The Labute approximate surface area is 98.0 Å². The van der Waals surface area contributed by atoms with E-state index >= 15 is 0 Å². The molecule has 88 valence electrons. The molecule has 1 aromatic rings. The van der Waals surface area contributed by atoms with Crippen molar-refractivity contribution in [3.05, 3.63) is 29.3 Å². The van der Waals surface area contributed by atoms with Crippen LogP contribution in [0.4, 0.5) is 0 Å². The van der Waals surface area contributed by atoms with E-state index in [-0.39, 0.29) is 0 Å². The molecule has 0 saturated heterocycles. The summed E-state index contributed by atoms with van der Waals surface area (Å²) >= 11 is 0. The molecule has 1 atom stereocenters. The highest BCUT2D eigenvalue weighted by atomic mass is 16.5. The Morgan fingerprint density at radius 2 is 2.19 bits per heavy atom. The Morgan fingerprint density at radius 1 is 1.38 bits per heavy atom. The van der Waals surface area contributed by atoms with Crippen molar-refractivity contribution in [3.63, 3.8) is 0 Å². The number of ether oxygens (including phenoxy) is 1. The number of hydrogen-bond donors (Lipinski definition) is 1. The third-order valence-corrected chi connectivity index (χ3v) is 3.23. The number of aryl methyl sites for hydroxylation is 1. The standard InChI is InChI=1S/C14H21NO/c1-10(2)15-12-8-7-11-5-4-6-14(16-3)13(11)9-12/h4-6,10,12,15H,7-9H2,1-3H3. The second kappa shape index (κ2) is 4.88. The molecule has 0 saturated carbocycles. The van der Waals surface area contributed by atoms with Gasteiger partial charge in [0.1, 0.15) is 5.75 Å². The monoisotopic (exact) mass is 219 g/mol. The van der Waals surface area contributed by atoms with Crippen LogP contribution < -0.4 is 10.1 Å². The van der Waals surface area contributed by atoms with Gasteiger partial charge in [0.15, 0.2) is 0 Å². The summed E-state index contributed by atoms with van der Waals surface area (Å²) < 4.78 is 5.44. The zero-order chi connectivity index (χ0) is 11.5. The smallest absolute Gasteiger partial charge is 0.122 e. The first-order valence-corrected chi connectivity index (χ1v) is 6.11. The summed E-state index contributed by atoms with van der Waals surface area (Å²) in [6, 6.07) is 7.54. The molecule has 1 N–H and O–H groups in total. The van der Waals surface area contributed by atoms with Gasteiger partial charge in [-0.1, -0.05) is 26.0 Å². The van der Waals surface area contributed by atoms with Crippen molar-refractivity contribution in [2.45, 2.75) is 45.2 Å². The zero-order valence-electron chi connectivity index (χ0n) is 10.4. The molecule has 2 nitrogen and oxygen atoms in total. The van der Waals surface area contributed by atoms with E-state index in [1.807, 2.05) is 0 Å². The van der Waals surface area contributed by atoms with Crippen LogP contribution in [0.25, 0.3) is 0 Å². The molecule has 1 unspecified atom stereocenters. The molecule has 1 aliphatic carbocycles. The average Bonchev–Trinajstić information content (AvgIpc) is 2.27. The van der Waals surface area contributed by atoms with Gasteiger partial charge in [-0.15, -0.1) is 0 Å². The van der Waals surface area contributed by atoms with Crippen LogP contribution in [0.1, 0.15) is 31.4 Å². The summed E-state index contributed by atoms with van der Waals surface area (Å²) in [7, 11) is 1.76. The molecule has 0 aromatic heterocycles. The van der Waals surface area contributed by atoms with E-state index in [4.69, 9.17) is 4.74 Å². The fraction of sp³-hybridized carbons (Fsp3) is 0.571. The second-order valence-electron chi connectivity index (χ2n) is 4.86. The maximum Gasteiger partial charge on any atom is 0.122 e. The molecule has 16 heavy (non-hydrogen) atoms. The van der Waals surface area contributed by atoms with Gasteiger partial charge < -0.3 is 10.1 Å². The quantitative estimate of drug-likeness (QED) is 0.843. The SMILES string of the molecule is COc1cccc2c1CC(NC(C)C)CC2. The number of fused-ring (bicyclic) bond motifs is 1. The molecule has 0 fully saturated rings. The summed E-state index contributed by atoms with van der Waals surface area (Å²) in [6.07, 6.45) is 3.49. The average molecular weight is 219 g/mol. The summed E-state index contributed by atoms with van der Waals surface area (Å²) in [5, 5.41) is 3.62. The molecule has 0 heterocycles. The Hall–Kier alpha value is -1.02. The van der Waals surface area contributed by atoms with Gasteiger partial charge in [0.05, 0.1) is 7.11 Å². The summed E-state index contributed by atoms with van der Waals surface area (Å²) in [4.78, 5) is 0. The van der Waals surface area contributed by atoms with Crippen molar-refractivity contribution in [1.82, 2.24) is 5.32 Å². The number of methoxy groups -OCH3 is 1. The molecule has 1 aliphatic rings. The number of benzene rings is 1. The van der Waals surface area contributed by atoms with Gasteiger partial charge in [0.2, 0.25) is 0 Å². The van der Waals surface area contributed by atoms with Crippen LogP contribution in [0.15, 0.2) is 18.2 Å². The van der Waals surface area contributed by atoms with Crippen LogP contribution in [0.5, 0.6) is 5.75 Å². The van der Waals surface area contributed by atoms with E-state index in [0.29, 0.717) is 12.1 Å². The summed E-state index contributed by atoms with van der Waals surface area (Å²) in [6.45, 7) is 4.41. The maximum absolute atomic E-state index is 5.44. The fourth-order valence-electron chi connectivity index (χ4n) is 2.56. The predicted molar refractivity (Wildman–Crippen MR) is 67.1 cm³/mol. The van der Waals surface area contributed by atoms with E-state index in [0.717, 1.165) is 18.6 Å². The minimum Gasteiger partial charge on any atom is -0.496 e. The summed E-state index contributed by atoms with van der Waals surface area (Å²) in [5.74, 6) is 1.05. The molecule has 2 rings (SSSR count). The lowest BCUT2D eigenvalue weighted by molar-refractivity contribution is 0.385. The third kappa shape index (κ3) is 2.38. The molecule has 0 radical (unpaired) electrons. The van der Waals surface area contributed by atoms with Crippen LogP contribution in [0.2, 0.25) is 0 Å². The Bertz CT molecular complexity index is 346. The van der Waals surface area contributed by atoms with E-state index < -0.39 is 0 Å². The highest BCUT2D eigenvalue weighted by molar-refractivity contribution is 5.42. The van der Waals surface area contributed by atoms with Gasteiger partial charge in [-0.05, 0) is 36.5 Å². The predicted octanol–water partition coefficient (Wildman–Crippen LogP) is 2.55. The summed E-state index contributed by atoms with van der Waals surface area (Å²) in [5.41, 5.74) is 2.86. The van der Waals surface area contributed by atoms with E-state index in [2.05, 4.69) is 37.4 Å². The number of rotatable bonds is 3. The lowest BCUT2D eigenvalue weighted by atomic mass is 9.87. The molecular formula is C14H21NO.